The minimum absolute atomic E-state index is 0.569. The van der Waals surface area contributed by atoms with Gasteiger partial charge in [0.2, 0.25) is 0 Å². The van der Waals surface area contributed by atoms with Gasteiger partial charge in [-0.15, -0.1) is 11.3 Å². The van der Waals surface area contributed by atoms with E-state index in [2.05, 4.69) is 11.9 Å². The van der Waals surface area contributed by atoms with Crippen LogP contribution in [0.25, 0.3) is 10.6 Å². The molecule has 2 rings (SSSR count). The molecule has 0 aliphatic heterocycles. The molecule has 0 amide bonds. The van der Waals surface area contributed by atoms with Gasteiger partial charge in [0.25, 0.3) is 0 Å². The van der Waals surface area contributed by atoms with E-state index >= 15 is 0 Å². The lowest BCUT2D eigenvalue weighted by Crippen LogP contribution is -1.79. The van der Waals surface area contributed by atoms with Gasteiger partial charge in [-0.2, -0.15) is 0 Å². The minimum atomic E-state index is 0.569. The van der Waals surface area contributed by atoms with Gasteiger partial charge < -0.3 is 0 Å². The third-order valence-electron chi connectivity index (χ3n) is 2.21. The van der Waals surface area contributed by atoms with E-state index in [1.54, 1.807) is 17.4 Å². The molecule has 0 spiro atoms. The number of halogens is 2. The molecule has 0 saturated heterocycles. The Morgan fingerprint density at radius 1 is 1.20 bits per heavy atom. The first kappa shape index (κ1) is 10.9. The van der Waals surface area contributed by atoms with Crippen molar-refractivity contribution in [2.45, 2.75) is 13.8 Å². The fourth-order valence-electron chi connectivity index (χ4n) is 1.26. The van der Waals surface area contributed by atoms with Crippen molar-refractivity contribution >= 4 is 34.5 Å². The molecule has 15 heavy (non-hydrogen) atoms. The van der Waals surface area contributed by atoms with Crippen LogP contribution < -0.4 is 0 Å². The summed E-state index contributed by atoms with van der Waals surface area (Å²) in [5.74, 6) is 0. The molecule has 78 valence electrons. The van der Waals surface area contributed by atoms with Crippen molar-refractivity contribution in [3.63, 3.8) is 0 Å². The summed E-state index contributed by atoms with van der Waals surface area (Å²) in [4.78, 5) is 5.67. The Bertz CT molecular complexity index is 486. The van der Waals surface area contributed by atoms with Gasteiger partial charge in [0, 0.05) is 10.4 Å². The van der Waals surface area contributed by atoms with E-state index in [4.69, 9.17) is 23.2 Å². The maximum Gasteiger partial charge on any atom is 0.125 e. The van der Waals surface area contributed by atoms with Crippen LogP contribution >= 0.6 is 34.5 Å². The van der Waals surface area contributed by atoms with Crippen LogP contribution in [0.3, 0.4) is 0 Å². The molecule has 0 radical (unpaired) electrons. The van der Waals surface area contributed by atoms with Crippen molar-refractivity contribution in [2.75, 3.05) is 0 Å². The molecule has 1 nitrogen and oxygen atoms in total. The summed E-state index contributed by atoms with van der Waals surface area (Å²) in [5, 5.41) is 2.07. The average molecular weight is 258 g/mol. The van der Waals surface area contributed by atoms with E-state index in [9.17, 15) is 0 Å². The molecule has 0 fully saturated rings. The zero-order valence-electron chi connectivity index (χ0n) is 8.34. The summed E-state index contributed by atoms with van der Waals surface area (Å²) in [7, 11) is 0. The van der Waals surface area contributed by atoms with Crippen molar-refractivity contribution in [3.05, 3.63) is 38.8 Å². The van der Waals surface area contributed by atoms with Gasteiger partial charge >= 0.3 is 0 Å². The lowest BCUT2D eigenvalue weighted by atomic mass is 10.2. The Morgan fingerprint density at radius 3 is 2.53 bits per heavy atom. The van der Waals surface area contributed by atoms with Crippen molar-refractivity contribution < 1.29 is 0 Å². The van der Waals surface area contributed by atoms with E-state index in [1.165, 1.54) is 4.88 Å². The Balaban J connectivity index is 2.59. The van der Waals surface area contributed by atoms with Crippen molar-refractivity contribution in [1.82, 2.24) is 4.98 Å². The number of hydrogen-bond acceptors (Lipinski definition) is 2. The van der Waals surface area contributed by atoms with Crippen LogP contribution in [0.15, 0.2) is 18.2 Å². The topological polar surface area (TPSA) is 12.9 Å². The number of aryl methyl sites for hydroxylation is 2. The van der Waals surface area contributed by atoms with Gasteiger partial charge in [0.05, 0.1) is 15.7 Å². The molecule has 0 unspecified atom stereocenters. The fraction of sp³-hybridized carbons (Fsp3) is 0.182. The summed E-state index contributed by atoms with van der Waals surface area (Å²) >= 11 is 13.7. The molecule has 0 aliphatic rings. The SMILES string of the molecule is Cc1nc(-c2cccc(Cl)c2Cl)sc1C. The Hall–Kier alpha value is -0.570. The van der Waals surface area contributed by atoms with Crippen LogP contribution in [0.2, 0.25) is 10.0 Å². The summed E-state index contributed by atoms with van der Waals surface area (Å²) in [6.45, 7) is 4.04. The quantitative estimate of drug-likeness (QED) is 0.720. The highest BCUT2D eigenvalue weighted by molar-refractivity contribution is 7.15. The number of hydrogen-bond donors (Lipinski definition) is 0. The second kappa shape index (κ2) is 4.12. The fourth-order valence-corrected chi connectivity index (χ4v) is 2.65. The van der Waals surface area contributed by atoms with Crippen LogP contribution in [0, 0.1) is 13.8 Å². The van der Waals surface area contributed by atoms with E-state index in [-0.39, 0.29) is 0 Å². The Kier molecular flexibility index (Phi) is 3.01. The van der Waals surface area contributed by atoms with Gasteiger partial charge in [-0.3, -0.25) is 0 Å². The third kappa shape index (κ3) is 2.03. The summed E-state index contributed by atoms with van der Waals surface area (Å²) in [6.07, 6.45) is 0. The molecule has 1 aromatic heterocycles. The van der Waals surface area contributed by atoms with Crippen molar-refractivity contribution in [1.29, 1.82) is 0 Å². The Morgan fingerprint density at radius 2 is 1.93 bits per heavy atom. The Labute approximate surface area is 103 Å². The monoisotopic (exact) mass is 257 g/mol. The summed E-state index contributed by atoms with van der Waals surface area (Å²) in [6, 6.07) is 5.60. The largest absolute Gasteiger partial charge is 0.241 e. The molecule has 1 aromatic carbocycles. The maximum atomic E-state index is 6.12. The lowest BCUT2D eigenvalue weighted by molar-refractivity contribution is 1.23. The van der Waals surface area contributed by atoms with Crippen LogP contribution in [0.4, 0.5) is 0 Å². The van der Waals surface area contributed by atoms with Gasteiger partial charge in [-0.05, 0) is 19.9 Å². The first-order valence-corrected chi connectivity index (χ1v) is 6.05. The van der Waals surface area contributed by atoms with E-state index in [0.717, 1.165) is 16.3 Å². The van der Waals surface area contributed by atoms with Crippen molar-refractivity contribution in [2.24, 2.45) is 0 Å². The third-order valence-corrected chi connectivity index (χ3v) is 4.14. The van der Waals surface area contributed by atoms with Gasteiger partial charge in [0.1, 0.15) is 5.01 Å². The summed E-state index contributed by atoms with van der Waals surface area (Å²) in [5.41, 5.74) is 1.96. The highest BCUT2D eigenvalue weighted by Crippen LogP contribution is 2.36. The molecular formula is C11H9Cl2NS. The molecule has 0 N–H and O–H groups in total. The molecule has 0 saturated carbocycles. The standard InChI is InChI=1S/C11H9Cl2NS/c1-6-7(2)15-11(14-6)8-4-3-5-9(12)10(8)13/h3-5H,1-2H3. The molecule has 4 heteroatoms. The predicted octanol–water partition coefficient (Wildman–Crippen LogP) is 4.73. The zero-order chi connectivity index (χ0) is 11.0. The molecule has 0 bridgehead atoms. The van der Waals surface area contributed by atoms with Crippen LogP contribution in [0.5, 0.6) is 0 Å². The zero-order valence-corrected chi connectivity index (χ0v) is 10.7. The predicted molar refractivity (Wildman–Crippen MR) is 67.0 cm³/mol. The van der Waals surface area contributed by atoms with Gasteiger partial charge in [0.15, 0.2) is 0 Å². The van der Waals surface area contributed by atoms with E-state index < -0.39 is 0 Å². The lowest BCUT2D eigenvalue weighted by Gasteiger charge is -2.01. The molecule has 2 aromatic rings. The van der Waals surface area contributed by atoms with Crippen LogP contribution in [-0.4, -0.2) is 4.98 Å². The van der Waals surface area contributed by atoms with Gasteiger partial charge in [-0.1, -0.05) is 35.3 Å². The molecular weight excluding hydrogens is 249 g/mol. The highest BCUT2D eigenvalue weighted by atomic mass is 35.5. The second-order valence-corrected chi connectivity index (χ2v) is 5.25. The highest BCUT2D eigenvalue weighted by Gasteiger charge is 2.11. The van der Waals surface area contributed by atoms with Crippen LogP contribution in [-0.2, 0) is 0 Å². The number of benzene rings is 1. The normalized spacial score (nSPS) is 10.7. The molecule has 0 atom stereocenters. The second-order valence-electron chi connectivity index (χ2n) is 3.26. The first-order chi connectivity index (χ1) is 7.09. The van der Waals surface area contributed by atoms with Crippen LogP contribution in [0.1, 0.15) is 10.6 Å². The molecule has 0 aliphatic carbocycles. The molecule has 1 heterocycles. The maximum absolute atomic E-state index is 6.12. The average Bonchev–Trinajstić information content (AvgIpc) is 2.51. The van der Waals surface area contributed by atoms with Gasteiger partial charge in [-0.25, -0.2) is 4.98 Å². The number of aromatic nitrogens is 1. The number of thiazole rings is 1. The van der Waals surface area contributed by atoms with Crippen molar-refractivity contribution in [3.8, 4) is 10.6 Å². The van der Waals surface area contributed by atoms with E-state index in [0.29, 0.717) is 10.0 Å². The number of nitrogens with zero attached hydrogens (tertiary/aromatic N) is 1. The number of rotatable bonds is 1. The smallest absolute Gasteiger partial charge is 0.125 e. The summed E-state index contributed by atoms with van der Waals surface area (Å²) < 4.78 is 0. The minimum Gasteiger partial charge on any atom is -0.241 e. The van der Waals surface area contributed by atoms with E-state index in [1.807, 2.05) is 19.1 Å². The first-order valence-electron chi connectivity index (χ1n) is 4.48.